The van der Waals surface area contributed by atoms with Crippen molar-refractivity contribution in [1.82, 2.24) is 4.98 Å². The fourth-order valence-electron chi connectivity index (χ4n) is 2.59. The van der Waals surface area contributed by atoms with E-state index in [9.17, 15) is 0 Å². The van der Waals surface area contributed by atoms with Gasteiger partial charge in [-0.2, -0.15) is 0 Å². The van der Waals surface area contributed by atoms with Crippen LogP contribution in [0.1, 0.15) is 32.6 Å². The van der Waals surface area contributed by atoms with Gasteiger partial charge in [-0.25, -0.2) is 4.98 Å². The van der Waals surface area contributed by atoms with E-state index in [1.165, 1.54) is 25.7 Å². The number of halogens is 1. The second-order valence-corrected chi connectivity index (χ2v) is 5.37. The van der Waals surface area contributed by atoms with Crippen LogP contribution in [0, 0.1) is 0 Å². The Bertz CT molecular complexity index is 373. The first kappa shape index (κ1) is 13.7. The molecule has 1 fully saturated rings. The molecule has 1 unspecified atom stereocenters. The Balaban J connectivity index is 2.13. The van der Waals surface area contributed by atoms with Crippen LogP contribution in [0.15, 0.2) is 18.3 Å². The van der Waals surface area contributed by atoms with Gasteiger partial charge in [0, 0.05) is 24.1 Å². The lowest BCUT2D eigenvalue weighted by Crippen LogP contribution is -2.30. The lowest BCUT2D eigenvalue weighted by molar-refractivity contribution is 0.338. The van der Waals surface area contributed by atoms with E-state index in [-0.39, 0.29) is 0 Å². The molecule has 0 spiro atoms. The molecule has 1 aliphatic heterocycles. The standard InChI is InChI=1S/C14H21BrN2O/c1-2-18-13-8-4-10-16-14(13)17-11-5-7-12(17)6-3-9-15/h4,8,10,12H,2-3,5-7,9,11H2,1H3. The Morgan fingerprint density at radius 3 is 3.22 bits per heavy atom. The van der Waals surface area contributed by atoms with E-state index in [2.05, 4.69) is 25.8 Å². The lowest BCUT2D eigenvalue weighted by Gasteiger charge is -2.27. The normalized spacial score (nSPS) is 19.2. The number of rotatable bonds is 6. The number of pyridine rings is 1. The summed E-state index contributed by atoms with van der Waals surface area (Å²) in [7, 11) is 0. The molecule has 1 aromatic heterocycles. The minimum absolute atomic E-state index is 0.622. The number of nitrogens with zero attached hydrogens (tertiary/aromatic N) is 2. The molecular weight excluding hydrogens is 292 g/mol. The summed E-state index contributed by atoms with van der Waals surface area (Å²) in [6.07, 6.45) is 6.84. The fourth-order valence-corrected chi connectivity index (χ4v) is 2.92. The maximum absolute atomic E-state index is 5.69. The summed E-state index contributed by atoms with van der Waals surface area (Å²) in [5.74, 6) is 1.95. The van der Waals surface area contributed by atoms with E-state index in [0.29, 0.717) is 12.6 Å². The number of ether oxygens (including phenoxy) is 1. The highest BCUT2D eigenvalue weighted by molar-refractivity contribution is 9.09. The van der Waals surface area contributed by atoms with Crippen LogP contribution in [-0.4, -0.2) is 29.5 Å². The average Bonchev–Trinajstić information content (AvgIpc) is 2.85. The van der Waals surface area contributed by atoms with Gasteiger partial charge in [-0.1, -0.05) is 15.9 Å². The number of hydrogen-bond acceptors (Lipinski definition) is 3. The van der Waals surface area contributed by atoms with Crippen molar-refractivity contribution >= 4 is 21.7 Å². The third-order valence-electron chi connectivity index (χ3n) is 3.37. The van der Waals surface area contributed by atoms with Crippen molar-refractivity contribution in [3.63, 3.8) is 0 Å². The highest BCUT2D eigenvalue weighted by Crippen LogP contribution is 2.33. The van der Waals surface area contributed by atoms with Gasteiger partial charge >= 0.3 is 0 Å². The highest BCUT2D eigenvalue weighted by Gasteiger charge is 2.27. The zero-order valence-corrected chi connectivity index (χ0v) is 12.5. The number of anilines is 1. The van der Waals surface area contributed by atoms with Gasteiger partial charge in [-0.05, 0) is 44.7 Å². The second kappa shape index (κ2) is 6.98. The van der Waals surface area contributed by atoms with Crippen LogP contribution in [0.4, 0.5) is 5.82 Å². The minimum Gasteiger partial charge on any atom is -0.490 e. The first-order chi connectivity index (χ1) is 8.86. The van der Waals surface area contributed by atoms with Crippen molar-refractivity contribution in [2.45, 2.75) is 38.6 Å². The smallest absolute Gasteiger partial charge is 0.171 e. The molecule has 0 aromatic carbocycles. The Hall–Kier alpha value is -0.770. The van der Waals surface area contributed by atoms with Crippen LogP contribution < -0.4 is 9.64 Å². The van der Waals surface area contributed by atoms with E-state index >= 15 is 0 Å². The molecule has 4 heteroatoms. The third-order valence-corrected chi connectivity index (χ3v) is 3.93. The molecule has 0 bridgehead atoms. The lowest BCUT2D eigenvalue weighted by atomic mass is 10.1. The first-order valence-corrected chi connectivity index (χ1v) is 7.89. The third kappa shape index (κ3) is 3.16. The van der Waals surface area contributed by atoms with Gasteiger partial charge in [-0.15, -0.1) is 0 Å². The van der Waals surface area contributed by atoms with Crippen molar-refractivity contribution < 1.29 is 4.74 Å². The summed E-state index contributed by atoms with van der Waals surface area (Å²) in [6, 6.07) is 4.58. The van der Waals surface area contributed by atoms with Crippen LogP contribution >= 0.6 is 15.9 Å². The predicted octanol–water partition coefficient (Wildman–Crippen LogP) is 3.62. The summed E-state index contributed by atoms with van der Waals surface area (Å²) in [5.41, 5.74) is 0. The number of alkyl halides is 1. The molecule has 0 aliphatic carbocycles. The molecule has 2 heterocycles. The van der Waals surface area contributed by atoms with Gasteiger partial charge in [0.15, 0.2) is 11.6 Å². The molecule has 100 valence electrons. The maximum Gasteiger partial charge on any atom is 0.171 e. The molecule has 1 aliphatic rings. The van der Waals surface area contributed by atoms with E-state index in [1.54, 1.807) is 0 Å². The monoisotopic (exact) mass is 312 g/mol. The second-order valence-electron chi connectivity index (χ2n) is 4.58. The maximum atomic E-state index is 5.69. The van der Waals surface area contributed by atoms with E-state index < -0.39 is 0 Å². The summed E-state index contributed by atoms with van der Waals surface area (Å²) < 4.78 is 5.69. The minimum atomic E-state index is 0.622. The SMILES string of the molecule is CCOc1cccnc1N1CCCC1CCCBr. The zero-order chi connectivity index (χ0) is 12.8. The van der Waals surface area contributed by atoms with Gasteiger partial charge in [0.2, 0.25) is 0 Å². The summed E-state index contributed by atoms with van der Waals surface area (Å²) in [4.78, 5) is 6.95. The van der Waals surface area contributed by atoms with Crippen LogP contribution in [0.3, 0.4) is 0 Å². The summed E-state index contributed by atoms with van der Waals surface area (Å²) in [5, 5.41) is 1.08. The molecule has 18 heavy (non-hydrogen) atoms. The van der Waals surface area contributed by atoms with Gasteiger partial charge in [-0.3, -0.25) is 0 Å². The molecule has 2 rings (SSSR count). The molecule has 0 saturated carbocycles. The molecule has 1 saturated heterocycles. The topological polar surface area (TPSA) is 25.4 Å². The van der Waals surface area contributed by atoms with E-state index in [4.69, 9.17) is 4.74 Å². The largest absolute Gasteiger partial charge is 0.490 e. The van der Waals surface area contributed by atoms with Crippen molar-refractivity contribution in [2.75, 3.05) is 23.4 Å². The quantitative estimate of drug-likeness (QED) is 0.750. The summed E-state index contributed by atoms with van der Waals surface area (Å²) in [6.45, 7) is 3.81. The van der Waals surface area contributed by atoms with Gasteiger partial charge in [0.05, 0.1) is 6.61 Å². The van der Waals surface area contributed by atoms with Crippen LogP contribution in [0.5, 0.6) is 5.75 Å². The molecular formula is C14H21BrN2O. The Labute approximate surface area is 118 Å². The fraction of sp³-hybridized carbons (Fsp3) is 0.643. The van der Waals surface area contributed by atoms with Crippen molar-refractivity contribution in [1.29, 1.82) is 0 Å². The highest BCUT2D eigenvalue weighted by atomic mass is 79.9. The van der Waals surface area contributed by atoms with Crippen molar-refractivity contribution in [2.24, 2.45) is 0 Å². The summed E-state index contributed by atoms with van der Waals surface area (Å²) >= 11 is 3.51. The van der Waals surface area contributed by atoms with Crippen LogP contribution in [0.25, 0.3) is 0 Å². The Morgan fingerprint density at radius 2 is 2.44 bits per heavy atom. The van der Waals surface area contributed by atoms with E-state index in [1.807, 2.05) is 25.3 Å². The van der Waals surface area contributed by atoms with Crippen LogP contribution in [-0.2, 0) is 0 Å². The zero-order valence-electron chi connectivity index (χ0n) is 10.9. The van der Waals surface area contributed by atoms with Crippen LogP contribution in [0.2, 0.25) is 0 Å². The molecule has 3 nitrogen and oxygen atoms in total. The number of aromatic nitrogens is 1. The van der Waals surface area contributed by atoms with Gasteiger partial charge in [0.25, 0.3) is 0 Å². The van der Waals surface area contributed by atoms with E-state index in [0.717, 1.165) is 23.4 Å². The Kier molecular flexibility index (Phi) is 5.29. The molecule has 0 N–H and O–H groups in total. The molecule has 0 amide bonds. The van der Waals surface area contributed by atoms with Crippen molar-refractivity contribution in [3.05, 3.63) is 18.3 Å². The van der Waals surface area contributed by atoms with Gasteiger partial charge in [0.1, 0.15) is 0 Å². The Morgan fingerprint density at radius 1 is 1.56 bits per heavy atom. The first-order valence-electron chi connectivity index (χ1n) is 6.77. The van der Waals surface area contributed by atoms with Gasteiger partial charge < -0.3 is 9.64 Å². The van der Waals surface area contributed by atoms with Crippen molar-refractivity contribution in [3.8, 4) is 5.75 Å². The molecule has 0 radical (unpaired) electrons. The predicted molar refractivity (Wildman–Crippen MR) is 78.8 cm³/mol. The molecule has 1 aromatic rings. The molecule has 1 atom stereocenters. The average molecular weight is 313 g/mol. The number of hydrogen-bond donors (Lipinski definition) is 0.